The maximum absolute atomic E-state index is 11.9. The Kier molecular flexibility index (Phi) is 5.13. The van der Waals surface area contributed by atoms with Crippen LogP contribution in [0.5, 0.6) is 0 Å². The van der Waals surface area contributed by atoms with Gasteiger partial charge in [-0.25, -0.2) is 4.68 Å². The first-order valence-electron chi connectivity index (χ1n) is 6.33. The van der Waals surface area contributed by atoms with E-state index in [0.717, 1.165) is 6.42 Å². The predicted octanol–water partition coefficient (Wildman–Crippen LogP) is 1.58. The second kappa shape index (κ2) is 6.63. The molecule has 1 aliphatic rings. The molecular formula is C12H18ClN3O2S. The van der Waals surface area contributed by atoms with Crippen molar-refractivity contribution < 1.29 is 5.11 Å². The van der Waals surface area contributed by atoms with Crippen molar-refractivity contribution in [1.29, 1.82) is 0 Å². The highest BCUT2D eigenvalue weighted by Crippen LogP contribution is 2.31. The van der Waals surface area contributed by atoms with Crippen LogP contribution in [-0.4, -0.2) is 39.0 Å². The Hall–Kier alpha value is -0.720. The summed E-state index contributed by atoms with van der Waals surface area (Å²) in [7, 11) is 0. The van der Waals surface area contributed by atoms with Crippen molar-refractivity contribution >= 4 is 29.1 Å². The van der Waals surface area contributed by atoms with Crippen LogP contribution in [0.25, 0.3) is 0 Å². The monoisotopic (exact) mass is 303 g/mol. The number of rotatable bonds is 5. The number of hydrogen-bond donors (Lipinski definition) is 2. The van der Waals surface area contributed by atoms with Gasteiger partial charge < -0.3 is 10.4 Å². The van der Waals surface area contributed by atoms with E-state index in [1.165, 1.54) is 17.5 Å². The van der Waals surface area contributed by atoms with E-state index in [9.17, 15) is 4.79 Å². The van der Waals surface area contributed by atoms with Gasteiger partial charge in [-0.2, -0.15) is 16.9 Å². The van der Waals surface area contributed by atoms with E-state index in [0.29, 0.717) is 17.0 Å². The van der Waals surface area contributed by atoms with Crippen LogP contribution in [0.1, 0.15) is 19.3 Å². The van der Waals surface area contributed by atoms with E-state index >= 15 is 0 Å². The third-order valence-electron chi connectivity index (χ3n) is 3.39. The lowest BCUT2D eigenvalue weighted by Crippen LogP contribution is -2.30. The molecule has 0 saturated heterocycles. The average Bonchev–Trinajstić information content (AvgIpc) is 2.86. The predicted molar refractivity (Wildman–Crippen MR) is 79.2 cm³/mol. The number of anilines is 1. The van der Waals surface area contributed by atoms with Crippen LogP contribution in [0.15, 0.2) is 11.0 Å². The van der Waals surface area contributed by atoms with Gasteiger partial charge in [0.15, 0.2) is 0 Å². The van der Waals surface area contributed by atoms with Crippen molar-refractivity contribution in [3.63, 3.8) is 0 Å². The van der Waals surface area contributed by atoms with Crippen molar-refractivity contribution in [3.8, 4) is 0 Å². The molecular weight excluding hydrogens is 286 g/mol. The van der Waals surface area contributed by atoms with Gasteiger partial charge in [-0.3, -0.25) is 4.79 Å². The first-order valence-corrected chi connectivity index (χ1v) is 7.99. The van der Waals surface area contributed by atoms with Gasteiger partial charge in [-0.1, -0.05) is 18.0 Å². The Bertz CT molecular complexity index is 494. The van der Waals surface area contributed by atoms with E-state index in [-0.39, 0.29) is 23.7 Å². The quantitative estimate of drug-likeness (QED) is 0.864. The Morgan fingerprint density at radius 3 is 3.11 bits per heavy atom. The van der Waals surface area contributed by atoms with Gasteiger partial charge in [0.2, 0.25) is 0 Å². The summed E-state index contributed by atoms with van der Waals surface area (Å²) in [5.41, 5.74) is 0.228. The molecule has 0 aromatic carbocycles. The number of halogens is 1. The smallest absolute Gasteiger partial charge is 0.287 e. The Morgan fingerprint density at radius 2 is 2.42 bits per heavy atom. The average molecular weight is 304 g/mol. The molecule has 0 amide bonds. The number of nitrogens with one attached hydrogen (secondary N) is 1. The molecule has 19 heavy (non-hydrogen) atoms. The van der Waals surface area contributed by atoms with Crippen LogP contribution in [0.3, 0.4) is 0 Å². The summed E-state index contributed by atoms with van der Waals surface area (Å²) in [5, 5.41) is 16.9. The molecule has 1 fully saturated rings. The number of aliphatic hydroxyl groups is 1. The molecule has 1 heterocycles. The molecule has 0 radical (unpaired) electrons. The molecule has 2 N–H and O–H groups in total. The largest absolute Gasteiger partial charge is 0.394 e. The van der Waals surface area contributed by atoms with Gasteiger partial charge in [-0.05, 0) is 19.1 Å². The summed E-state index contributed by atoms with van der Waals surface area (Å²) in [6, 6.07) is 0.336. The van der Waals surface area contributed by atoms with Gasteiger partial charge in [-0.15, -0.1) is 0 Å². The van der Waals surface area contributed by atoms with Crippen molar-refractivity contribution in [2.24, 2.45) is 0 Å². The Labute approximate surface area is 121 Å². The molecule has 106 valence electrons. The summed E-state index contributed by atoms with van der Waals surface area (Å²) in [4.78, 5) is 11.9. The Morgan fingerprint density at radius 1 is 1.63 bits per heavy atom. The maximum atomic E-state index is 11.9. The summed E-state index contributed by atoms with van der Waals surface area (Å²) in [6.07, 6.45) is 7.13. The molecule has 0 spiro atoms. The van der Waals surface area contributed by atoms with Gasteiger partial charge in [0.1, 0.15) is 5.02 Å². The number of aromatic nitrogens is 2. The molecule has 7 heteroatoms. The van der Waals surface area contributed by atoms with Crippen LogP contribution >= 0.6 is 23.4 Å². The second-order valence-electron chi connectivity index (χ2n) is 4.58. The zero-order valence-corrected chi connectivity index (χ0v) is 12.4. The molecule has 1 aromatic rings. The summed E-state index contributed by atoms with van der Waals surface area (Å²) in [5.74, 6) is 0. The van der Waals surface area contributed by atoms with Crippen molar-refractivity contribution in [2.75, 3.05) is 18.2 Å². The highest BCUT2D eigenvalue weighted by Gasteiger charge is 2.27. The van der Waals surface area contributed by atoms with E-state index in [2.05, 4.69) is 16.7 Å². The van der Waals surface area contributed by atoms with Crippen molar-refractivity contribution in [2.45, 2.75) is 37.1 Å². The van der Waals surface area contributed by atoms with E-state index in [1.54, 1.807) is 6.20 Å². The van der Waals surface area contributed by atoms with E-state index in [1.807, 2.05) is 11.8 Å². The number of nitrogens with zero attached hydrogens (tertiary/aromatic N) is 2. The fraction of sp³-hybridized carbons (Fsp3) is 0.667. The van der Waals surface area contributed by atoms with Gasteiger partial charge in [0.25, 0.3) is 5.56 Å². The normalized spacial score (nSPS) is 22.7. The van der Waals surface area contributed by atoms with Crippen molar-refractivity contribution in [3.05, 3.63) is 21.6 Å². The zero-order chi connectivity index (χ0) is 13.8. The van der Waals surface area contributed by atoms with E-state index < -0.39 is 0 Å². The van der Waals surface area contributed by atoms with Gasteiger partial charge in [0.05, 0.1) is 25.0 Å². The fourth-order valence-electron chi connectivity index (χ4n) is 2.39. The summed E-state index contributed by atoms with van der Waals surface area (Å²) >= 11 is 7.92. The molecule has 2 rings (SSSR count). The molecule has 1 aromatic heterocycles. The van der Waals surface area contributed by atoms with Crippen LogP contribution in [0.2, 0.25) is 5.02 Å². The lowest BCUT2D eigenvalue weighted by Gasteiger charge is -2.20. The van der Waals surface area contributed by atoms with Gasteiger partial charge >= 0.3 is 0 Å². The minimum Gasteiger partial charge on any atom is -0.394 e. The van der Waals surface area contributed by atoms with Crippen LogP contribution < -0.4 is 10.9 Å². The summed E-state index contributed by atoms with van der Waals surface area (Å²) < 4.78 is 1.17. The maximum Gasteiger partial charge on any atom is 0.287 e. The minimum atomic E-state index is -0.362. The lowest BCUT2D eigenvalue weighted by molar-refractivity contribution is 0.266. The molecule has 2 atom stereocenters. The van der Waals surface area contributed by atoms with Crippen LogP contribution in [0.4, 0.5) is 5.69 Å². The SMILES string of the molecule is CSC1CCCC1Nc1cnn(CCO)c(=O)c1Cl. The van der Waals surface area contributed by atoms with Crippen LogP contribution in [0, 0.1) is 0 Å². The molecule has 1 aliphatic carbocycles. The highest BCUT2D eigenvalue weighted by atomic mass is 35.5. The van der Waals surface area contributed by atoms with E-state index in [4.69, 9.17) is 16.7 Å². The summed E-state index contributed by atoms with van der Waals surface area (Å²) in [6.45, 7) is 0.0306. The second-order valence-corrected chi connectivity index (χ2v) is 6.03. The standard InChI is InChI=1S/C12H18ClN3O2S/c1-19-10-4-2-3-8(10)15-9-7-14-16(5-6-17)12(18)11(9)13/h7-8,10,15,17H,2-6H2,1H3. The number of aliphatic hydroxyl groups excluding tert-OH is 1. The molecule has 0 bridgehead atoms. The lowest BCUT2D eigenvalue weighted by atomic mass is 10.2. The molecule has 5 nitrogen and oxygen atoms in total. The first kappa shape index (κ1) is 14.7. The minimum absolute atomic E-state index is 0.132. The zero-order valence-electron chi connectivity index (χ0n) is 10.8. The number of thioether (sulfide) groups is 1. The fourth-order valence-corrected chi connectivity index (χ4v) is 3.53. The third-order valence-corrected chi connectivity index (χ3v) is 4.93. The number of hydrogen-bond acceptors (Lipinski definition) is 5. The van der Waals surface area contributed by atoms with Crippen molar-refractivity contribution in [1.82, 2.24) is 9.78 Å². The highest BCUT2D eigenvalue weighted by molar-refractivity contribution is 7.99. The molecule has 0 aliphatic heterocycles. The topological polar surface area (TPSA) is 67.2 Å². The first-order chi connectivity index (χ1) is 9.17. The third kappa shape index (κ3) is 3.24. The molecule has 1 saturated carbocycles. The van der Waals surface area contributed by atoms with Crippen LogP contribution in [-0.2, 0) is 6.54 Å². The molecule has 2 unspecified atom stereocenters. The Balaban J connectivity index is 2.17. The van der Waals surface area contributed by atoms with Gasteiger partial charge in [0, 0.05) is 11.3 Å².